The summed E-state index contributed by atoms with van der Waals surface area (Å²) in [6.07, 6.45) is 3.20. The molecule has 1 aromatic carbocycles. The molecule has 0 spiro atoms. The van der Waals surface area contributed by atoms with Crippen molar-refractivity contribution >= 4 is 11.6 Å². The van der Waals surface area contributed by atoms with Crippen molar-refractivity contribution in [3.63, 3.8) is 0 Å². The van der Waals surface area contributed by atoms with E-state index in [-0.39, 0.29) is 23.0 Å². The summed E-state index contributed by atoms with van der Waals surface area (Å²) in [6.45, 7) is 0. The molecular weight excluding hydrogens is 285 g/mol. The van der Waals surface area contributed by atoms with Crippen molar-refractivity contribution in [3.8, 4) is 17.7 Å². The van der Waals surface area contributed by atoms with Crippen LogP contribution < -0.4 is 4.74 Å². The van der Waals surface area contributed by atoms with Gasteiger partial charge in [0.2, 0.25) is 5.28 Å². The molecule has 0 unspecified atom stereocenters. The third-order valence-corrected chi connectivity index (χ3v) is 2.49. The monoisotopic (exact) mass is 291 g/mol. The highest BCUT2D eigenvalue weighted by Crippen LogP contribution is 2.22. The molecule has 0 aliphatic heterocycles. The Bertz CT molecular complexity index is 734. The van der Waals surface area contributed by atoms with Gasteiger partial charge >= 0.3 is 6.01 Å². The molecule has 100 valence electrons. The second kappa shape index (κ2) is 5.22. The maximum absolute atomic E-state index is 13.5. The zero-order valence-electron chi connectivity index (χ0n) is 9.94. The topological polar surface area (TPSA) is 65.7 Å². The highest BCUT2D eigenvalue weighted by molar-refractivity contribution is 6.28. The van der Waals surface area contributed by atoms with Crippen LogP contribution in [0.4, 0.5) is 4.39 Å². The molecule has 0 bridgehead atoms. The van der Waals surface area contributed by atoms with Crippen molar-refractivity contribution < 1.29 is 9.13 Å². The van der Waals surface area contributed by atoms with Gasteiger partial charge in [-0.15, -0.1) is 0 Å². The number of rotatable bonds is 3. The molecule has 0 saturated heterocycles. The van der Waals surface area contributed by atoms with E-state index >= 15 is 0 Å². The van der Waals surface area contributed by atoms with Gasteiger partial charge in [0.1, 0.15) is 0 Å². The standard InChI is InChI=1S/C12H7ClFN5O/c13-10-16-11(19-7-3-6-15-19)18-12(17-10)20-9-5-2-1-4-8(9)14/h1-7H. The van der Waals surface area contributed by atoms with Gasteiger partial charge in [-0.2, -0.15) is 20.1 Å². The largest absolute Gasteiger partial charge is 0.421 e. The molecule has 2 aromatic heterocycles. The number of ether oxygens (including phenoxy) is 1. The summed E-state index contributed by atoms with van der Waals surface area (Å²) in [5.41, 5.74) is 0. The first-order valence-electron chi connectivity index (χ1n) is 5.56. The molecule has 8 heteroatoms. The maximum atomic E-state index is 13.5. The molecule has 3 aromatic rings. The highest BCUT2D eigenvalue weighted by Gasteiger charge is 2.11. The van der Waals surface area contributed by atoms with E-state index < -0.39 is 5.82 Å². The third kappa shape index (κ3) is 2.57. The number of para-hydroxylation sites is 1. The van der Waals surface area contributed by atoms with E-state index in [1.807, 2.05) is 0 Å². The predicted octanol–water partition coefficient (Wildman–Crippen LogP) is 2.64. The maximum Gasteiger partial charge on any atom is 0.328 e. The Kier molecular flexibility index (Phi) is 3.26. The van der Waals surface area contributed by atoms with Gasteiger partial charge in [0.25, 0.3) is 5.95 Å². The van der Waals surface area contributed by atoms with Crippen LogP contribution in [0.3, 0.4) is 0 Å². The molecule has 0 atom stereocenters. The third-order valence-electron chi connectivity index (χ3n) is 2.32. The number of hydrogen-bond donors (Lipinski definition) is 0. The molecular formula is C12H7ClFN5O. The Morgan fingerprint density at radius 1 is 1.10 bits per heavy atom. The zero-order valence-corrected chi connectivity index (χ0v) is 10.7. The van der Waals surface area contributed by atoms with Crippen LogP contribution in [0, 0.1) is 5.82 Å². The SMILES string of the molecule is Fc1ccccc1Oc1nc(Cl)nc(-n2cccn2)n1. The summed E-state index contributed by atoms with van der Waals surface area (Å²) < 4.78 is 20.2. The molecule has 0 amide bonds. The molecule has 0 aliphatic carbocycles. The number of nitrogens with zero attached hydrogens (tertiary/aromatic N) is 5. The van der Waals surface area contributed by atoms with Gasteiger partial charge in [0.15, 0.2) is 11.6 Å². The summed E-state index contributed by atoms with van der Waals surface area (Å²) >= 11 is 5.80. The molecule has 0 N–H and O–H groups in total. The van der Waals surface area contributed by atoms with Gasteiger partial charge in [-0.05, 0) is 29.8 Å². The predicted molar refractivity (Wildman–Crippen MR) is 68.4 cm³/mol. The van der Waals surface area contributed by atoms with Crippen LogP contribution in [0.25, 0.3) is 5.95 Å². The second-order valence-electron chi connectivity index (χ2n) is 3.67. The first-order chi connectivity index (χ1) is 9.72. The summed E-state index contributed by atoms with van der Waals surface area (Å²) in [5.74, 6) is -0.341. The van der Waals surface area contributed by atoms with E-state index in [1.165, 1.54) is 16.8 Å². The Labute approximate surface area is 117 Å². The van der Waals surface area contributed by atoms with E-state index in [0.29, 0.717) is 0 Å². The van der Waals surface area contributed by atoms with Gasteiger partial charge < -0.3 is 4.74 Å². The van der Waals surface area contributed by atoms with Crippen molar-refractivity contribution in [1.29, 1.82) is 0 Å². The van der Waals surface area contributed by atoms with Crippen LogP contribution in [0.15, 0.2) is 42.7 Å². The van der Waals surface area contributed by atoms with Gasteiger partial charge in [0.05, 0.1) is 0 Å². The lowest BCUT2D eigenvalue weighted by molar-refractivity contribution is 0.408. The Balaban J connectivity index is 1.97. The lowest BCUT2D eigenvalue weighted by Gasteiger charge is -2.06. The smallest absolute Gasteiger partial charge is 0.328 e. The van der Waals surface area contributed by atoms with Crippen molar-refractivity contribution in [2.24, 2.45) is 0 Å². The molecule has 20 heavy (non-hydrogen) atoms. The Morgan fingerprint density at radius 2 is 1.95 bits per heavy atom. The molecule has 0 fully saturated rings. The van der Waals surface area contributed by atoms with Crippen molar-refractivity contribution in [3.05, 3.63) is 53.8 Å². The number of halogens is 2. The van der Waals surface area contributed by atoms with Gasteiger partial charge in [-0.3, -0.25) is 0 Å². The van der Waals surface area contributed by atoms with E-state index in [9.17, 15) is 4.39 Å². The fourth-order valence-corrected chi connectivity index (χ4v) is 1.63. The fourth-order valence-electron chi connectivity index (χ4n) is 1.48. The molecule has 0 aliphatic rings. The quantitative estimate of drug-likeness (QED) is 0.742. The molecule has 6 nitrogen and oxygen atoms in total. The van der Waals surface area contributed by atoms with Gasteiger partial charge in [-0.25, -0.2) is 9.07 Å². The van der Waals surface area contributed by atoms with E-state index in [1.54, 1.807) is 30.6 Å². The lowest BCUT2D eigenvalue weighted by Crippen LogP contribution is -2.05. The summed E-state index contributed by atoms with van der Waals surface area (Å²) in [5, 5.41) is 3.90. The summed E-state index contributed by atoms with van der Waals surface area (Å²) in [7, 11) is 0. The Hall–Kier alpha value is -2.54. The van der Waals surface area contributed by atoms with Crippen molar-refractivity contribution in [2.75, 3.05) is 0 Å². The van der Waals surface area contributed by atoms with E-state index in [2.05, 4.69) is 20.1 Å². The summed E-state index contributed by atoms with van der Waals surface area (Å²) in [4.78, 5) is 11.7. The van der Waals surface area contributed by atoms with Crippen LogP contribution in [-0.2, 0) is 0 Å². The van der Waals surface area contributed by atoms with Crippen LogP contribution in [-0.4, -0.2) is 24.7 Å². The number of aromatic nitrogens is 5. The van der Waals surface area contributed by atoms with Crippen LogP contribution in [0.2, 0.25) is 5.28 Å². The molecule has 0 saturated carbocycles. The minimum Gasteiger partial charge on any atom is -0.421 e. The first-order valence-corrected chi connectivity index (χ1v) is 5.94. The average Bonchev–Trinajstić information content (AvgIpc) is 2.95. The minimum atomic E-state index is -0.523. The zero-order chi connectivity index (χ0) is 13.9. The van der Waals surface area contributed by atoms with Crippen molar-refractivity contribution in [1.82, 2.24) is 24.7 Å². The van der Waals surface area contributed by atoms with Crippen LogP contribution in [0.5, 0.6) is 11.8 Å². The molecule has 0 radical (unpaired) electrons. The normalized spacial score (nSPS) is 10.5. The number of hydrogen-bond acceptors (Lipinski definition) is 5. The van der Waals surface area contributed by atoms with Crippen molar-refractivity contribution in [2.45, 2.75) is 0 Å². The van der Waals surface area contributed by atoms with E-state index in [0.717, 1.165) is 0 Å². The fraction of sp³-hybridized carbons (Fsp3) is 0. The first kappa shape index (κ1) is 12.5. The van der Waals surface area contributed by atoms with Crippen LogP contribution >= 0.6 is 11.6 Å². The minimum absolute atomic E-state index is 0.00109. The highest BCUT2D eigenvalue weighted by atomic mass is 35.5. The Morgan fingerprint density at radius 3 is 2.70 bits per heavy atom. The summed E-state index contributed by atoms with van der Waals surface area (Å²) in [6, 6.07) is 7.51. The average molecular weight is 292 g/mol. The second-order valence-corrected chi connectivity index (χ2v) is 4.01. The van der Waals surface area contributed by atoms with Crippen LogP contribution in [0.1, 0.15) is 0 Å². The lowest BCUT2D eigenvalue weighted by atomic mass is 10.3. The van der Waals surface area contributed by atoms with Gasteiger partial charge in [-0.1, -0.05) is 12.1 Å². The molecule has 2 heterocycles. The van der Waals surface area contributed by atoms with E-state index in [4.69, 9.17) is 16.3 Å². The number of benzene rings is 1. The van der Waals surface area contributed by atoms with Gasteiger partial charge in [0, 0.05) is 12.4 Å². The molecule has 3 rings (SSSR count).